The zero-order chi connectivity index (χ0) is 10.6. The minimum Gasteiger partial charge on any atom is -0.294 e. The van der Waals surface area contributed by atoms with Gasteiger partial charge in [0.15, 0.2) is 5.78 Å². The molecule has 0 unspecified atom stereocenters. The fraction of sp³-hybridized carbons (Fsp3) is 0.417. The zero-order valence-corrected chi connectivity index (χ0v) is 8.59. The van der Waals surface area contributed by atoms with Crippen molar-refractivity contribution in [3.8, 4) is 0 Å². The van der Waals surface area contributed by atoms with Crippen LogP contribution >= 0.6 is 0 Å². The number of hydrogen-bond donors (Lipinski definition) is 0. The summed E-state index contributed by atoms with van der Waals surface area (Å²) in [7, 11) is 0. The summed E-state index contributed by atoms with van der Waals surface area (Å²) < 4.78 is 12.8. The minimum atomic E-state index is -0.346. The Labute approximate surface area is 83.9 Å². The molecule has 2 heteroatoms. The highest BCUT2D eigenvalue weighted by Crippen LogP contribution is 2.16. The van der Waals surface area contributed by atoms with Crippen molar-refractivity contribution in [2.45, 2.75) is 26.7 Å². The molecule has 0 aromatic heterocycles. The molecule has 0 heterocycles. The molecule has 0 aliphatic rings. The Morgan fingerprint density at radius 3 is 2.50 bits per heavy atom. The number of ketones is 1. The van der Waals surface area contributed by atoms with Gasteiger partial charge in [-0.2, -0.15) is 0 Å². The van der Waals surface area contributed by atoms with Crippen molar-refractivity contribution in [3.63, 3.8) is 0 Å². The molecule has 0 atom stereocenters. The number of halogens is 1. The summed E-state index contributed by atoms with van der Waals surface area (Å²) in [5.41, 5.74) is 0.485. The largest absolute Gasteiger partial charge is 0.294 e. The van der Waals surface area contributed by atoms with Gasteiger partial charge in [-0.15, -0.1) is 0 Å². The molecular formula is C12H15FO. The third-order valence-corrected chi connectivity index (χ3v) is 2.47. The van der Waals surface area contributed by atoms with E-state index in [2.05, 4.69) is 0 Å². The van der Waals surface area contributed by atoms with Crippen LogP contribution in [-0.2, 0) is 0 Å². The number of benzene rings is 1. The van der Waals surface area contributed by atoms with Gasteiger partial charge in [0.25, 0.3) is 0 Å². The number of carbonyl (C=O) groups excluding carboxylic acids is 1. The molecule has 14 heavy (non-hydrogen) atoms. The smallest absolute Gasteiger partial charge is 0.166 e. The molecule has 0 radical (unpaired) electrons. The molecule has 1 nitrogen and oxygen atoms in total. The molecule has 0 amide bonds. The Kier molecular flexibility index (Phi) is 3.81. The molecule has 0 spiro atoms. The lowest BCUT2D eigenvalue weighted by Gasteiger charge is -2.10. The van der Waals surface area contributed by atoms with Crippen LogP contribution in [0.5, 0.6) is 0 Å². The molecule has 0 saturated carbocycles. The lowest BCUT2D eigenvalue weighted by Crippen LogP contribution is -2.13. The third kappa shape index (κ3) is 2.41. The summed E-state index contributed by atoms with van der Waals surface area (Å²) >= 11 is 0. The van der Waals surface area contributed by atoms with Crippen molar-refractivity contribution < 1.29 is 9.18 Å². The van der Waals surface area contributed by atoms with Crippen LogP contribution in [0.3, 0.4) is 0 Å². The molecule has 0 fully saturated rings. The van der Waals surface area contributed by atoms with E-state index in [1.165, 1.54) is 12.1 Å². The van der Waals surface area contributed by atoms with Gasteiger partial charge in [-0.3, -0.25) is 4.79 Å². The SMILES string of the molecule is CCC(CC)C(=O)c1cccc(F)c1. The van der Waals surface area contributed by atoms with E-state index in [-0.39, 0.29) is 17.5 Å². The standard InChI is InChI=1S/C12H15FO/c1-3-9(4-2)12(14)10-6-5-7-11(13)8-10/h5-9H,3-4H2,1-2H3. The summed E-state index contributed by atoms with van der Waals surface area (Å²) in [4.78, 5) is 11.8. The second-order valence-electron chi connectivity index (χ2n) is 3.39. The highest BCUT2D eigenvalue weighted by atomic mass is 19.1. The molecule has 0 N–H and O–H groups in total. The monoisotopic (exact) mass is 194 g/mol. The van der Waals surface area contributed by atoms with Gasteiger partial charge in [-0.05, 0) is 25.0 Å². The average Bonchev–Trinajstić information content (AvgIpc) is 2.19. The van der Waals surface area contributed by atoms with Gasteiger partial charge in [-0.1, -0.05) is 26.0 Å². The maximum atomic E-state index is 12.8. The highest BCUT2D eigenvalue weighted by molar-refractivity contribution is 5.97. The van der Waals surface area contributed by atoms with Gasteiger partial charge in [0.2, 0.25) is 0 Å². The van der Waals surface area contributed by atoms with Crippen molar-refractivity contribution in [3.05, 3.63) is 35.6 Å². The van der Waals surface area contributed by atoms with Crippen molar-refractivity contribution in [2.24, 2.45) is 5.92 Å². The van der Waals surface area contributed by atoms with E-state index >= 15 is 0 Å². The lowest BCUT2D eigenvalue weighted by atomic mass is 9.93. The number of rotatable bonds is 4. The highest BCUT2D eigenvalue weighted by Gasteiger charge is 2.16. The lowest BCUT2D eigenvalue weighted by molar-refractivity contribution is 0.0913. The molecule has 0 aliphatic heterocycles. The van der Waals surface area contributed by atoms with Gasteiger partial charge in [0, 0.05) is 11.5 Å². The first-order chi connectivity index (χ1) is 6.69. The number of hydrogen-bond acceptors (Lipinski definition) is 1. The normalized spacial score (nSPS) is 10.6. The van der Waals surface area contributed by atoms with E-state index in [1.54, 1.807) is 12.1 Å². The summed E-state index contributed by atoms with van der Waals surface area (Å²) in [6.45, 7) is 3.96. The van der Waals surface area contributed by atoms with E-state index in [1.807, 2.05) is 13.8 Å². The van der Waals surface area contributed by atoms with Crippen LogP contribution in [0.2, 0.25) is 0 Å². The van der Waals surface area contributed by atoms with Crippen LogP contribution in [-0.4, -0.2) is 5.78 Å². The fourth-order valence-electron chi connectivity index (χ4n) is 1.54. The second kappa shape index (κ2) is 4.89. The molecule has 0 bridgehead atoms. The Morgan fingerprint density at radius 1 is 1.36 bits per heavy atom. The second-order valence-corrected chi connectivity index (χ2v) is 3.39. The Hall–Kier alpha value is -1.18. The van der Waals surface area contributed by atoms with E-state index in [9.17, 15) is 9.18 Å². The van der Waals surface area contributed by atoms with E-state index in [0.717, 1.165) is 12.8 Å². The molecule has 76 valence electrons. The summed E-state index contributed by atoms with van der Waals surface area (Å²) in [5, 5.41) is 0. The van der Waals surface area contributed by atoms with Gasteiger partial charge < -0.3 is 0 Å². The first-order valence-corrected chi connectivity index (χ1v) is 4.98. The molecular weight excluding hydrogens is 179 g/mol. The molecule has 1 aromatic carbocycles. The Morgan fingerprint density at radius 2 is 2.00 bits per heavy atom. The summed E-state index contributed by atoms with van der Waals surface area (Å²) in [6.07, 6.45) is 1.62. The maximum absolute atomic E-state index is 12.8. The van der Waals surface area contributed by atoms with Crippen molar-refractivity contribution in [2.75, 3.05) is 0 Å². The van der Waals surface area contributed by atoms with E-state index in [0.29, 0.717) is 5.56 Å². The minimum absolute atomic E-state index is 0.0248. The first kappa shape index (κ1) is 10.9. The van der Waals surface area contributed by atoms with Crippen LogP contribution in [0.15, 0.2) is 24.3 Å². The van der Waals surface area contributed by atoms with Crippen LogP contribution in [0.25, 0.3) is 0 Å². The van der Waals surface area contributed by atoms with Crippen LogP contribution in [0, 0.1) is 11.7 Å². The predicted octanol–water partition coefficient (Wildman–Crippen LogP) is 3.44. The molecule has 1 rings (SSSR count). The van der Waals surface area contributed by atoms with Crippen LogP contribution in [0.1, 0.15) is 37.0 Å². The fourth-order valence-corrected chi connectivity index (χ4v) is 1.54. The van der Waals surface area contributed by atoms with Crippen molar-refractivity contribution >= 4 is 5.78 Å². The van der Waals surface area contributed by atoms with Gasteiger partial charge in [0.1, 0.15) is 5.82 Å². The Bertz CT molecular complexity index is 316. The van der Waals surface area contributed by atoms with Gasteiger partial charge in [0.05, 0.1) is 0 Å². The maximum Gasteiger partial charge on any atom is 0.166 e. The topological polar surface area (TPSA) is 17.1 Å². The van der Waals surface area contributed by atoms with E-state index < -0.39 is 0 Å². The summed E-state index contributed by atoms with van der Waals surface area (Å²) in [6, 6.07) is 5.90. The van der Waals surface area contributed by atoms with Crippen molar-refractivity contribution in [1.82, 2.24) is 0 Å². The Balaban J connectivity index is 2.88. The third-order valence-electron chi connectivity index (χ3n) is 2.47. The van der Waals surface area contributed by atoms with Crippen LogP contribution in [0.4, 0.5) is 4.39 Å². The quantitative estimate of drug-likeness (QED) is 0.671. The van der Waals surface area contributed by atoms with E-state index in [4.69, 9.17) is 0 Å². The van der Waals surface area contributed by atoms with Crippen LogP contribution < -0.4 is 0 Å². The first-order valence-electron chi connectivity index (χ1n) is 4.98. The molecule has 0 aliphatic carbocycles. The zero-order valence-electron chi connectivity index (χ0n) is 8.59. The summed E-state index contributed by atoms with van der Waals surface area (Å²) in [5.74, 6) is -0.270. The predicted molar refractivity (Wildman–Crippen MR) is 54.8 cm³/mol. The van der Waals surface area contributed by atoms with Gasteiger partial charge in [-0.25, -0.2) is 4.39 Å². The van der Waals surface area contributed by atoms with Gasteiger partial charge >= 0.3 is 0 Å². The number of Topliss-reactive ketones (excluding diaryl/α,β-unsaturated/α-hetero) is 1. The average molecular weight is 194 g/mol. The van der Waals surface area contributed by atoms with Crippen molar-refractivity contribution in [1.29, 1.82) is 0 Å². The molecule has 0 saturated heterocycles. The number of carbonyl (C=O) groups is 1. The molecule has 1 aromatic rings.